The Hall–Kier alpha value is -2.14. The summed E-state index contributed by atoms with van der Waals surface area (Å²) in [5.41, 5.74) is 2.59. The molecule has 5 heteroatoms. The van der Waals surface area contributed by atoms with Gasteiger partial charge in [0.05, 0.1) is 6.20 Å². The SMILES string of the molecule is O=C(CCCc1cn[nH]c1)NCCN1CC[C@@H](c2ccccc2)C1. The normalized spacial score (nSPS) is 17.9. The van der Waals surface area contributed by atoms with Crippen molar-refractivity contribution in [3.63, 3.8) is 0 Å². The number of H-pyrrole nitrogens is 1. The van der Waals surface area contributed by atoms with Crippen LogP contribution < -0.4 is 5.32 Å². The fourth-order valence-electron chi connectivity index (χ4n) is 3.34. The van der Waals surface area contributed by atoms with Crippen molar-refractivity contribution in [1.82, 2.24) is 20.4 Å². The average molecular weight is 326 g/mol. The fraction of sp³-hybridized carbons (Fsp3) is 0.474. The highest BCUT2D eigenvalue weighted by atomic mass is 16.1. The predicted octanol–water partition coefficient (Wildman–Crippen LogP) is 2.34. The number of likely N-dealkylation sites (tertiary alicyclic amines) is 1. The Morgan fingerprint density at radius 3 is 3.00 bits per heavy atom. The van der Waals surface area contributed by atoms with E-state index in [1.165, 1.54) is 12.0 Å². The molecule has 0 bridgehead atoms. The molecule has 2 N–H and O–H groups in total. The van der Waals surface area contributed by atoms with Gasteiger partial charge in [-0.1, -0.05) is 30.3 Å². The highest BCUT2D eigenvalue weighted by Crippen LogP contribution is 2.26. The van der Waals surface area contributed by atoms with Gasteiger partial charge in [-0.05, 0) is 42.9 Å². The van der Waals surface area contributed by atoms with Crippen molar-refractivity contribution in [2.45, 2.75) is 31.6 Å². The Morgan fingerprint density at radius 1 is 1.33 bits per heavy atom. The number of aryl methyl sites for hydroxylation is 1. The lowest BCUT2D eigenvalue weighted by atomic mass is 9.99. The number of nitrogens with zero attached hydrogens (tertiary/aromatic N) is 2. The topological polar surface area (TPSA) is 61.0 Å². The number of rotatable bonds is 8. The Bertz CT molecular complexity index is 612. The minimum atomic E-state index is 0.150. The van der Waals surface area contributed by atoms with Gasteiger partial charge in [0.1, 0.15) is 0 Å². The van der Waals surface area contributed by atoms with Crippen LogP contribution in [0, 0.1) is 0 Å². The third kappa shape index (κ3) is 4.93. The first-order chi connectivity index (χ1) is 11.8. The van der Waals surface area contributed by atoms with Crippen LogP contribution in [0.5, 0.6) is 0 Å². The van der Waals surface area contributed by atoms with E-state index in [4.69, 9.17) is 0 Å². The first kappa shape index (κ1) is 16.7. The van der Waals surface area contributed by atoms with Crippen molar-refractivity contribution in [3.8, 4) is 0 Å². The van der Waals surface area contributed by atoms with Gasteiger partial charge in [0, 0.05) is 32.3 Å². The monoisotopic (exact) mass is 326 g/mol. The second-order valence-electron chi connectivity index (χ2n) is 6.51. The smallest absolute Gasteiger partial charge is 0.220 e. The van der Waals surface area contributed by atoms with E-state index in [-0.39, 0.29) is 5.91 Å². The van der Waals surface area contributed by atoms with Gasteiger partial charge in [-0.2, -0.15) is 5.10 Å². The van der Waals surface area contributed by atoms with E-state index in [0.717, 1.165) is 44.6 Å². The van der Waals surface area contributed by atoms with Crippen molar-refractivity contribution in [3.05, 3.63) is 53.9 Å². The van der Waals surface area contributed by atoms with Crippen molar-refractivity contribution in [1.29, 1.82) is 0 Å². The third-order valence-corrected chi connectivity index (χ3v) is 4.72. The number of amides is 1. The van der Waals surface area contributed by atoms with Gasteiger partial charge in [-0.15, -0.1) is 0 Å². The van der Waals surface area contributed by atoms with E-state index < -0.39 is 0 Å². The lowest BCUT2D eigenvalue weighted by molar-refractivity contribution is -0.121. The zero-order valence-corrected chi connectivity index (χ0v) is 14.1. The van der Waals surface area contributed by atoms with Crippen molar-refractivity contribution < 1.29 is 4.79 Å². The molecular formula is C19H26N4O. The molecule has 0 saturated carbocycles. The second-order valence-corrected chi connectivity index (χ2v) is 6.51. The van der Waals surface area contributed by atoms with E-state index in [0.29, 0.717) is 12.3 Å². The lowest BCUT2D eigenvalue weighted by Crippen LogP contribution is -2.33. The molecule has 1 aliphatic heterocycles. The van der Waals surface area contributed by atoms with Gasteiger partial charge >= 0.3 is 0 Å². The number of aromatic amines is 1. The zero-order valence-electron chi connectivity index (χ0n) is 14.1. The average Bonchev–Trinajstić information content (AvgIpc) is 3.28. The molecule has 1 aliphatic rings. The molecule has 1 aromatic carbocycles. The molecule has 2 heterocycles. The van der Waals surface area contributed by atoms with Gasteiger partial charge in [0.25, 0.3) is 0 Å². The van der Waals surface area contributed by atoms with E-state index in [1.54, 1.807) is 0 Å². The number of carbonyl (C=O) groups is 1. The lowest BCUT2D eigenvalue weighted by Gasteiger charge is -2.16. The molecule has 24 heavy (non-hydrogen) atoms. The summed E-state index contributed by atoms with van der Waals surface area (Å²) in [6.07, 6.45) is 7.25. The number of hydrogen-bond donors (Lipinski definition) is 2. The van der Waals surface area contributed by atoms with Gasteiger partial charge in [-0.3, -0.25) is 9.89 Å². The second kappa shape index (κ2) is 8.64. The molecule has 1 amide bonds. The van der Waals surface area contributed by atoms with Crippen LogP contribution in [0.3, 0.4) is 0 Å². The molecule has 3 rings (SSSR count). The van der Waals surface area contributed by atoms with Crippen LogP contribution >= 0.6 is 0 Å². The standard InChI is InChI=1S/C19H26N4O/c24-19(8-4-5-16-13-21-22-14-16)20-10-12-23-11-9-18(15-23)17-6-2-1-3-7-17/h1-3,6-7,13-14,18H,4-5,8-12,15H2,(H,20,24)(H,21,22)/t18-/m1/s1. The predicted molar refractivity (Wildman–Crippen MR) is 94.8 cm³/mol. The first-order valence-corrected chi connectivity index (χ1v) is 8.83. The zero-order chi connectivity index (χ0) is 16.6. The Morgan fingerprint density at radius 2 is 2.21 bits per heavy atom. The number of carbonyl (C=O) groups excluding carboxylic acids is 1. The fourth-order valence-corrected chi connectivity index (χ4v) is 3.34. The van der Waals surface area contributed by atoms with Crippen LogP contribution in [0.4, 0.5) is 0 Å². The number of nitrogens with one attached hydrogen (secondary N) is 2. The Balaban J connectivity index is 1.29. The number of aromatic nitrogens is 2. The minimum Gasteiger partial charge on any atom is -0.355 e. The van der Waals surface area contributed by atoms with Crippen LogP contribution in [0.15, 0.2) is 42.7 Å². The van der Waals surface area contributed by atoms with Crippen molar-refractivity contribution >= 4 is 5.91 Å². The van der Waals surface area contributed by atoms with Gasteiger partial charge < -0.3 is 10.2 Å². The Kier molecular flexibility index (Phi) is 6.01. The molecule has 1 atom stereocenters. The van der Waals surface area contributed by atoms with Crippen LogP contribution in [-0.2, 0) is 11.2 Å². The molecule has 0 unspecified atom stereocenters. The highest BCUT2D eigenvalue weighted by Gasteiger charge is 2.23. The van der Waals surface area contributed by atoms with Gasteiger partial charge in [0.15, 0.2) is 0 Å². The quantitative estimate of drug-likeness (QED) is 0.783. The van der Waals surface area contributed by atoms with Gasteiger partial charge in [-0.25, -0.2) is 0 Å². The summed E-state index contributed by atoms with van der Waals surface area (Å²) in [5.74, 6) is 0.786. The Labute approximate surface area is 143 Å². The molecule has 2 aromatic rings. The summed E-state index contributed by atoms with van der Waals surface area (Å²) >= 11 is 0. The van der Waals surface area contributed by atoms with Crippen molar-refractivity contribution in [2.24, 2.45) is 0 Å². The molecule has 1 saturated heterocycles. The number of benzene rings is 1. The summed E-state index contributed by atoms with van der Waals surface area (Å²) < 4.78 is 0. The molecule has 1 fully saturated rings. The highest BCUT2D eigenvalue weighted by molar-refractivity contribution is 5.75. The maximum Gasteiger partial charge on any atom is 0.220 e. The molecule has 0 spiro atoms. The maximum absolute atomic E-state index is 11.9. The molecule has 128 valence electrons. The van der Waals surface area contributed by atoms with Crippen molar-refractivity contribution in [2.75, 3.05) is 26.2 Å². The molecular weight excluding hydrogens is 300 g/mol. The molecule has 0 radical (unpaired) electrons. The van der Waals surface area contributed by atoms with Gasteiger partial charge in [0.2, 0.25) is 5.91 Å². The van der Waals surface area contributed by atoms with E-state index in [1.807, 2.05) is 12.4 Å². The summed E-state index contributed by atoms with van der Waals surface area (Å²) in [6.45, 7) is 3.90. The van der Waals surface area contributed by atoms with Crippen LogP contribution in [0.1, 0.15) is 36.3 Å². The van der Waals surface area contributed by atoms with E-state index >= 15 is 0 Å². The summed E-state index contributed by atoms with van der Waals surface area (Å²) in [5, 5.41) is 9.74. The first-order valence-electron chi connectivity index (χ1n) is 8.83. The van der Waals surface area contributed by atoms with E-state index in [2.05, 4.69) is 50.7 Å². The van der Waals surface area contributed by atoms with Crippen LogP contribution in [0.25, 0.3) is 0 Å². The molecule has 5 nitrogen and oxygen atoms in total. The van der Waals surface area contributed by atoms with Crippen LogP contribution in [-0.4, -0.2) is 47.2 Å². The minimum absolute atomic E-state index is 0.150. The molecule has 0 aliphatic carbocycles. The van der Waals surface area contributed by atoms with E-state index in [9.17, 15) is 4.79 Å². The maximum atomic E-state index is 11.9. The molecule has 1 aromatic heterocycles. The summed E-state index contributed by atoms with van der Waals surface area (Å²) in [4.78, 5) is 14.3. The summed E-state index contributed by atoms with van der Waals surface area (Å²) in [7, 11) is 0. The summed E-state index contributed by atoms with van der Waals surface area (Å²) in [6, 6.07) is 10.7. The van der Waals surface area contributed by atoms with Crippen LogP contribution in [0.2, 0.25) is 0 Å². The largest absolute Gasteiger partial charge is 0.355 e. The third-order valence-electron chi connectivity index (χ3n) is 4.72. The number of hydrogen-bond acceptors (Lipinski definition) is 3.